The monoisotopic (exact) mass is 104 g/mol. The number of rotatable bonds is 1. The van der Waals surface area contributed by atoms with E-state index in [0.717, 1.165) is 0 Å². The van der Waals surface area contributed by atoms with E-state index in [-0.39, 0.29) is 16.7 Å². The highest BCUT2D eigenvalue weighted by molar-refractivity contribution is 6.55. The molecule has 0 atom stereocenters. The molecule has 0 aliphatic heterocycles. The molecule has 4 heteroatoms. The summed E-state index contributed by atoms with van der Waals surface area (Å²) in [5.41, 5.74) is -0.440. The van der Waals surface area contributed by atoms with Crippen molar-refractivity contribution in [3.05, 3.63) is 0 Å². The van der Waals surface area contributed by atoms with Crippen LogP contribution in [0.3, 0.4) is 0 Å². The summed E-state index contributed by atoms with van der Waals surface area (Å²) in [6, 6.07) is 0. The fourth-order valence-electron chi connectivity index (χ4n) is 0.0678. The highest BCUT2D eigenvalue weighted by Crippen LogP contribution is 1.61. The van der Waals surface area contributed by atoms with Gasteiger partial charge in [-0.2, -0.15) is 0 Å². The van der Waals surface area contributed by atoms with Gasteiger partial charge in [0, 0.05) is 0 Å². The van der Waals surface area contributed by atoms with Gasteiger partial charge < -0.3 is 4.74 Å². The standard InChI is InChI=1S/C2H4O3Si/c3-1-5-2(4)6/h1H,6H3. The van der Waals surface area contributed by atoms with Crippen LogP contribution in [0.25, 0.3) is 0 Å². The van der Waals surface area contributed by atoms with Gasteiger partial charge in [0.15, 0.2) is 0 Å². The minimum Gasteiger partial charge on any atom is -0.401 e. The molecule has 0 aromatic rings. The molecule has 34 valence electrons. The van der Waals surface area contributed by atoms with Crippen molar-refractivity contribution in [1.29, 1.82) is 0 Å². The summed E-state index contributed by atoms with van der Waals surface area (Å²) in [6.07, 6.45) is 0. The molecule has 0 rings (SSSR count). The molecule has 0 aromatic heterocycles. The van der Waals surface area contributed by atoms with Crippen molar-refractivity contribution in [2.75, 3.05) is 0 Å². The molecule has 0 saturated carbocycles. The first kappa shape index (κ1) is 5.36. The van der Waals surface area contributed by atoms with Crippen LogP contribution >= 0.6 is 0 Å². The molecule has 0 saturated heterocycles. The lowest BCUT2D eigenvalue weighted by Gasteiger charge is -1.79. The zero-order valence-corrected chi connectivity index (χ0v) is 5.30. The first-order valence-corrected chi connectivity index (χ1v) is 2.38. The summed E-state index contributed by atoms with van der Waals surface area (Å²) in [7, 11) is 0.286. The lowest BCUT2D eigenvalue weighted by atomic mass is 11.4. The van der Waals surface area contributed by atoms with E-state index < -0.39 is 5.59 Å². The molecular weight excluding hydrogens is 100 g/mol. The molecule has 0 heterocycles. The fourth-order valence-corrected chi connectivity index (χ4v) is 0.164. The molecular formula is C2H4O3Si. The SMILES string of the molecule is O=COC(=O)[SiH3]. The van der Waals surface area contributed by atoms with Crippen LogP contribution in [-0.2, 0) is 9.53 Å². The zero-order valence-electron chi connectivity index (χ0n) is 3.30. The summed E-state index contributed by atoms with van der Waals surface area (Å²) < 4.78 is 3.78. The summed E-state index contributed by atoms with van der Waals surface area (Å²) in [5, 5.41) is 0. The van der Waals surface area contributed by atoms with Crippen molar-refractivity contribution >= 4 is 22.3 Å². The molecule has 0 bridgehead atoms. The third-order valence-corrected chi connectivity index (χ3v) is 0.450. The lowest BCUT2D eigenvalue weighted by Crippen LogP contribution is -1.96. The van der Waals surface area contributed by atoms with Crippen molar-refractivity contribution in [3.63, 3.8) is 0 Å². The number of carbonyl (C=O) groups is 2. The van der Waals surface area contributed by atoms with Gasteiger partial charge in [0.05, 0.1) is 0 Å². The molecule has 0 radical (unpaired) electrons. The quantitative estimate of drug-likeness (QED) is 0.234. The summed E-state index contributed by atoms with van der Waals surface area (Å²) in [5.74, 6) is 0. The van der Waals surface area contributed by atoms with Crippen LogP contribution in [0.1, 0.15) is 0 Å². The normalized spacial score (nSPS) is 7.33. The minimum absolute atomic E-state index is 0.134. The van der Waals surface area contributed by atoms with Crippen molar-refractivity contribution in [2.24, 2.45) is 0 Å². The Bertz CT molecular complexity index is 69.2. The Kier molecular flexibility index (Phi) is 2.31. The van der Waals surface area contributed by atoms with Crippen molar-refractivity contribution in [2.45, 2.75) is 0 Å². The molecule has 0 aliphatic rings. The fraction of sp³-hybridized carbons (Fsp3) is 0. The molecule has 0 fully saturated rings. The van der Waals surface area contributed by atoms with Crippen LogP contribution in [0, 0.1) is 0 Å². The second-order valence-corrected chi connectivity index (χ2v) is 1.52. The molecule has 0 N–H and O–H groups in total. The van der Waals surface area contributed by atoms with Crippen LogP contribution < -0.4 is 0 Å². The van der Waals surface area contributed by atoms with Crippen molar-refractivity contribution in [1.82, 2.24) is 0 Å². The van der Waals surface area contributed by atoms with Gasteiger partial charge in [-0.3, -0.25) is 9.59 Å². The van der Waals surface area contributed by atoms with E-state index in [0.29, 0.717) is 0 Å². The van der Waals surface area contributed by atoms with Crippen LogP contribution in [-0.4, -0.2) is 22.3 Å². The first-order chi connectivity index (χ1) is 2.77. The number of ether oxygens (including phenoxy) is 1. The number of hydrogen-bond acceptors (Lipinski definition) is 3. The topological polar surface area (TPSA) is 43.4 Å². The van der Waals surface area contributed by atoms with E-state index in [4.69, 9.17) is 0 Å². The summed E-state index contributed by atoms with van der Waals surface area (Å²) in [4.78, 5) is 18.8. The first-order valence-electron chi connectivity index (χ1n) is 1.38. The second-order valence-electron chi connectivity index (χ2n) is 0.706. The maximum Gasteiger partial charge on any atom is 0.300 e. The average Bonchev–Trinajstić information content (AvgIpc) is 1.35. The molecule has 0 spiro atoms. The third-order valence-electron chi connectivity index (χ3n) is 0.214. The Labute approximate surface area is 37.7 Å². The molecule has 0 unspecified atom stereocenters. The van der Waals surface area contributed by atoms with Gasteiger partial charge in [-0.25, -0.2) is 0 Å². The summed E-state index contributed by atoms with van der Waals surface area (Å²) in [6.45, 7) is 0.134. The number of carbonyl (C=O) groups excluding carboxylic acids is 2. The molecule has 0 aromatic carbocycles. The van der Waals surface area contributed by atoms with Crippen LogP contribution in [0.15, 0.2) is 0 Å². The van der Waals surface area contributed by atoms with E-state index >= 15 is 0 Å². The molecule has 3 nitrogen and oxygen atoms in total. The highest BCUT2D eigenvalue weighted by Gasteiger charge is 1.81. The van der Waals surface area contributed by atoms with Gasteiger partial charge in [0.1, 0.15) is 10.2 Å². The predicted octanol–water partition coefficient (Wildman–Crippen LogP) is -1.36. The highest BCUT2D eigenvalue weighted by atomic mass is 28.1. The van der Waals surface area contributed by atoms with Gasteiger partial charge in [0.2, 0.25) is 0 Å². The Morgan fingerprint density at radius 1 is 1.83 bits per heavy atom. The van der Waals surface area contributed by atoms with E-state index in [1.807, 2.05) is 0 Å². The van der Waals surface area contributed by atoms with Crippen molar-refractivity contribution in [3.8, 4) is 0 Å². The Morgan fingerprint density at radius 2 is 2.33 bits per heavy atom. The Morgan fingerprint density at radius 3 is 2.33 bits per heavy atom. The number of hydrogen-bond donors (Lipinski definition) is 0. The van der Waals surface area contributed by atoms with Crippen LogP contribution in [0.4, 0.5) is 4.79 Å². The minimum atomic E-state index is -0.440. The third kappa shape index (κ3) is 3.36. The van der Waals surface area contributed by atoms with E-state index in [9.17, 15) is 9.59 Å². The molecule has 0 amide bonds. The zero-order chi connectivity index (χ0) is 4.99. The van der Waals surface area contributed by atoms with Gasteiger partial charge in [-0.05, 0) is 0 Å². The molecule has 6 heavy (non-hydrogen) atoms. The van der Waals surface area contributed by atoms with Gasteiger partial charge >= 0.3 is 0 Å². The smallest absolute Gasteiger partial charge is 0.300 e. The van der Waals surface area contributed by atoms with E-state index in [2.05, 4.69) is 4.74 Å². The van der Waals surface area contributed by atoms with Crippen molar-refractivity contribution < 1.29 is 14.3 Å². The Hall–Kier alpha value is -0.643. The molecule has 0 aliphatic carbocycles. The maximum atomic E-state index is 9.65. The Balaban J connectivity index is 3.05. The average molecular weight is 104 g/mol. The summed E-state index contributed by atoms with van der Waals surface area (Å²) >= 11 is 0. The van der Waals surface area contributed by atoms with Gasteiger partial charge in [-0.1, -0.05) is 0 Å². The second kappa shape index (κ2) is 2.59. The van der Waals surface area contributed by atoms with E-state index in [1.54, 1.807) is 0 Å². The van der Waals surface area contributed by atoms with Crippen LogP contribution in [0.5, 0.6) is 0 Å². The maximum absolute atomic E-state index is 9.65. The predicted molar refractivity (Wildman–Crippen MR) is 22.5 cm³/mol. The largest absolute Gasteiger partial charge is 0.401 e. The van der Waals surface area contributed by atoms with Gasteiger partial charge in [0.25, 0.3) is 12.1 Å². The van der Waals surface area contributed by atoms with Gasteiger partial charge in [-0.15, -0.1) is 0 Å². The lowest BCUT2D eigenvalue weighted by molar-refractivity contribution is -0.122. The van der Waals surface area contributed by atoms with Crippen LogP contribution in [0.2, 0.25) is 0 Å². The van der Waals surface area contributed by atoms with E-state index in [1.165, 1.54) is 0 Å².